The maximum atomic E-state index is 12.6. The van der Waals surface area contributed by atoms with Crippen LogP contribution in [0, 0.1) is 0 Å². The molecule has 0 radical (unpaired) electrons. The Labute approximate surface area is 173 Å². The van der Waals surface area contributed by atoms with Crippen molar-refractivity contribution in [2.45, 2.75) is 38.0 Å². The Kier molecular flexibility index (Phi) is 5.80. The van der Waals surface area contributed by atoms with Crippen molar-refractivity contribution in [1.29, 1.82) is 0 Å². The highest BCUT2D eigenvalue weighted by Crippen LogP contribution is 2.28. The number of H-pyrrole nitrogens is 1. The van der Waals surface area contributed by atoms with Crippen LogP contribution in [0.4, 0.5) is 0 Å². The molecular formula is C21H24N6OS. The van der Waals surface area contributed by atoms with Crippen LogP contribution in [0.25, 0.3) is 16.7 Å². The Balaban J connectivity index is 1.40. The van der Waals surface area contributed by atoms with Crippen LogP contribution in [0.5, 0.6) is 0 Å². The van der Waals surface area contributed by atoms with Crippen LogP contribution in [-0.2, 0) is 4.79 Å². The molecule has 0 spiro atoms. The van der Waals surface area contributed by atoms with E-state index in [1.54, 1.807) is 11.8 Å². The number of fused-ring (bicyclic) bond motifs is 2. The first-order chi connectivity index (χ1) is 14.2. The van der Waals surface area contributed by atoms with Crippen molar-refractivity contribution in [3.8, 4) is 0 Å². The number of rotatable bonds is 8. The summed E-state index contributed by atoms with van der Waals surface area (Å²) in [6.07, 6.45) is 3.68. The van der Waals surface area contributed by atoms with Gasteiger partial charge in [0.15, 0.2) is 11.5 Å². The number of thioether (sulfide) groups is 1. The summed E-state index contributed by atoms with van der Waals surface area (Å²) in [5, 5.41) is 11.7. The second-order valence-electron chi connectivity index (χ2n) is 6.99. The predicted octanol–water partition coefficient (Wildman–Crippen LogP) is 4.06. The lowest BCUT2D eigenvalue weighted by Gasteiger charge is -2.17. The Hall–Kier alpha value is -2.87. The first kappa shape index (κ1) is 19.4. The molecule has 29 heavy (non-hydrogen) atoms. The summed E-state index contributed by atoms with van der Waals surface area (Å²) in [5.74, 6) is 2.00. The van der Waals surface area contributed by atoms with Crippen molar-refractivity contribution >= 4 is 34.3 Å². The molecule has 1 aromatic carbocycles. The first-order valence-corrected chi connectivity index (χ1v) is 10.9. The summed E-state index contributed by atoms with van der Waals surface area (Å²) in [6, 6.07) is 13.6. The van der Waals surface area contributed by atoms with Crippen LogP contribution in [0.1, 0.15) is 49.6 Å². The number of hydrogen-bond acceptors (Lipinski definition) is 5. The van der Waals surface area contributed by atoms with Gasteiger partial charge < -0.3 is 10.3 Å². The van der Waals surface area contributed by atoms with Crippen LogP contribution in [-0.4, -0.2) is 36.2 Å². The van der Waals surface area contributed by atoms with E-state index in [-0.39, 0.29) is 17.2 Å². The van der Waals surface area contributed by atoms with Crippen LogP contribution >= 0.6 is 11.8 Å². The minimum Gasteiger partial charge on any atom is -0.345 e. The molecule has 1 amide bonds. The lowest BCUT2D eigenvalue weighted by molar-refractivity contribution is -0.119. The number of carbonyl (C=O) groups is 1. The van der Waals surface area contributed by atoms with Crippen molar-refractivity contribution in [2.24, 2.45) is 0 Å². The van der Waals surface area contributed by atoms with Gasteiger partial charge in [0, 0.05) is 6.20 Å². The maximum Gasteiger partial charge on any atom is 0.230 e. The lowest BCUT2D eigenvalue weighted by atomic mass is 10.1. The molecule has 0 bridgehead atoms. The van der Waals surface area contributed by atoms with E-state index < -0.39 is 0 Å². The van der Waals surface area contributed by atoms with Crippen LogP contribution in [0.3, 0.4) is 0 Å². The van der Waals surface area contributed by atoms with E-state index in [0.717, 1.165) is 41.2 Å². The molecule has 2 N–H and O–H groups in total. The SMILES string of the molecule is CCCC(NC(=O)CSC(C)c1nc2ccccc2[nH]1)c1nnc2ccccn12. The van der Waals surface area contributed by atoms with E-state index in [1.165, 1.54) is 0 Å². The number of aromatic amines is 1. The molecular weight excluding hydrogens is 384 g/mol. The summed E-state index contributed by atoms with van der Waals surface area (Å²) in [5.41, 5.74) is 2.74. The highest BCUT2D eigenvalue weighted by Gasteiger charge is 2.20. The number of nitrogens with zero attached hydrogens (tertiary/aromatic N) is 4. The van der Waals surface area contributed by atoms with Crippen molar-refractivity contribution < 1.29 is 4.79 Å². The van der Waals surface area contributed by atoms with Gasteiger partial charge in [-0.2, -0.15) is 0 Å². The molecule has 0 saturated heterocycles. The zero-order valence-corrected chi connectivity index (χ0v) is 17.3. The first-order valence-electron chi connectivity index (χ1n) is 9.81. The summed E-state index contributed by atoms with van der Waals surface area (Å²) in [4.78, 5) is 20.6. The molecule has 0 aliphatic rings. The van der Waals surface area contributed by atoms with E-state index in [9.17, 15) is 4.79 Å². The number of carbonyl (C=O) groups excluding carboxylic acids is 1. The van der Waals surface area contributed by atoms with E-state index in [2.05, 4.69) is 39.3 Å². The number of benzene rings is 1. The van der Waals surface area contributed by atoms with Gasteiger partial charge in [-0.3, -0.25) is 9.20 Å². The molecule has 2 atom stereocenters. The fourth-order valence-corrected chi connectivity index (χ4v) is 4.09. The van der Waals surface area contributed by atoms with Crippen LogP contribution in [0.2, 0.25) is 0 Å². The zero-order chi connectivity index (χ0) is 20.2. The van der Waals surface area contributed by atoms with Crippen molar-refractivity contribution in [3.05, 3.63) is 60.3 Å². The zero-order valence-electron chi connectivity index (χ0n) is 16.5. The monoisotopic (exact) mass is 408 g/mol. The number of para-hydroxylation sites is 2. The quantitative estimate of drug-likeness (QED) is 0.459. The van der Waals surface area contributed by atoms with Gasteiger partial charge in [-0.1, -0.05) is 31.5 Å². The van der Waals surface area contributed by atoms with E-state index in [4.69, 9.17) is 0 Å². The van der Waals surface area contributed by atoms with Gasteiger partial charge in [-0.05, 0) is 37.6 Å². The van der Waals surface area contributed by atoms with Gasteiger partial charge in [-0.15, -0.1) is 22.0 Å². The van der Waals surface area contributed by atoms with Crippen LogP contribution < -0.4 is 5.32 Å². The number of nitrogens with one attached hydrogen (secondary N) is 2. The molecule has 0 aliphatic heterocycles. The number of hydrogen-bond donors (Lipinski definition) is 2. The highest BCUT2D eigenvalue weighted by molar-refractivity contribution is 8.00. The largest absolute Gasteiger partial charge is 0.345 e. The average molecular weight is 409 g/mol. The third-order valence-electron chi connectivity index (χ3n) is 4.82. The second kappa shape index (κ2) is 8.65. The molecule has 3 aromatic heterocycles. The summed E-state index contributed by atoms with van der Waals surface area (Å²) >= 11 is 1.57. The third kappa shape index (κ3) is 4.27. The predicted molar refractivity (Wildman–Crippen MR) is 116 cm³/mol. The lowest BCUT2D eigenvalue weighted by Crippen LogP contribution is -2.31. The molecule has 0 fully saturated rings. The van der Waals surface area contributed by atoms with E-state index in [1.807, 2.05) is 53.1 Å². The Morgan fingerprint density at radius 3 is 2.86 bits per heavy atom. The Morgan fingerprint density at radius 1 is 1.21 bits per heavy atom. The molecule has 8 heteroatoms. The molecule has 4 aromatic rings. The van der Waals surface area contributed by atoms with Gasteiger partial charge in [0.2, 0.25) is 5.91 Å². The molecule has 2 unspecified atom stereocenters. The number of aromatic nitrogens is 5. The molecule has 0 aliphatic carbocycles. The van der Waals surface area contributed by atoms with Gasteiger partial charge in [0.05, 0.1) is 28.1 Å². The van der Waals surface area contributed by atoms with Crippen molar-refractivity contribution in [2.75, 3.05) is 5.75 Å². The average Bonchev–Trinajstić information content (AvgIpc) is 3.36. The number of pyridine rings is 1. The van der Waals surface area contributed by atoms with E-state index in [0.29, 0.717) is 5.75 Å². The summed E-state index contributed by atoms with van der Waals surface area (Å²) in [6.45, 7) is 4.16. The molecule has 150 valence electrons. The Bertz CT molecular complexity index is 1090. The van der Waals surface area contributed by atoms with Crippen molar-refractivity contribution in [1.82, 2.24) is 29.9 Å². The fraction of sp³-hybridized carbons (Fsp3) is 0.333. The third-order valence-corrected chi connectivity index (χ3v) is 5.97. The minimum absolute atomic E-state index is 0.0101. The smallest absolute Gasteiger partial charge is 0.230 e. The maximum absolute atomic E-state index is 12.6. The number of amides is 1. The molecule has 7 nitrogen and oxygen atoms in total. The van der Waals surface area contributed by atoms with E-state index >= 15 is 0 Å². The molecule has 4 rings (SSSR count). The fourth-order valence-electron chi connectivity index (χ4n) is 3.33. The number of imidazole rings is 1. The topological polar surface area (TPSA) is 88.0 Å². The highest BCUT2D eigenvalue weighted by atomic mass is 32.2. The normalized spacial score (nSPS) is 13.6. The minimum atomic E-state index is -0.160. The summed E-state index contributed by atoms with van der Waals surface area (Å²) < 4.78 is 1.94. The van der Waals surface area contributed by atoms with Gasteiger partial charge >= 0.3 is 0 Å². The van der Waals surface area contributed by atoms with Crippen LogP contribution in [0.15, 0.2) is 48.7 Å². The second-order valence-corrected chi connectivity index (χ2v) is 8.32. The summed E-state index contributed by atoms with van der Waals surface area (Å²) in [7, 11) is 0. The van der Waals surface area contributed by atoms with Crippen molar-refractivity contribution in [3.63, 3.8) is 0 Å². The molecule has 3 heterocycles. The molecule has 0 saturated carbocycles. The van der Waals surface area contributed by atoms with Gasteiger partial charge in [-0.25, -0.2) is 4.98 Å². The standard InChI is InChI=1S/C21H24N6OS/c1-3-8-17(21-26-25-18-11-6-7-12-27(18)21)22-19(28)13-29-14(2)20-23-15-9-4-5-10-16(15)24-20/h4-7,9-12,14,17H,3,8,13H2,1-2H3,(H,22,28)(H,23,24). The van der Waals surface area contributed by atoms with Gasteiger partial charge in [0.1, 0.15) is 5.82 Å². The Morgan fingerprint density at radius 2 is 2.03 bits per heavy atom. The van der Waals surface area contributed by atoms with Gasteiger partial charge in [0.25, 0.3) is 0 Å².